The van der Waals surface area contributed by atoms with Gasteiger partial charge in [-0.1, -0.05) is 13.3 Å². The molecule has 1 aliphatic rings. The van der Waals surface area contributed by atoms with Gasteiger partial charge in [0.1, 0.15) is 12.7 Å². The van der Waals surface area contributed by atoms with Crippen molar-refractivity contribution in [3.8, 4) is 0 Å². The Bertz CT molecular complexity index is 356. The Balaban J connectivity index is 1.67. The summed E-state index contributed by atoms with van der Waals surface area (Å²) in [7, 11) is 2.25. The molecule has 6 heteroatoms. The van der Waals surface area contributed by atoms with E-state index in [0.29, 0.717) is 5.37 Å². The molecule has 0 aliphatic carbocycles. The van der Waals surface area contributed by atoms with E-state index in [2.05, 4.69) is 45.6 Å². The predicted molar refractivity (Wildman–Crippen MR) is 84.9 cm³/mol. The van der Waals surface area contributed by atoms with E-state index in [1.54, 1.807) is 12.7 Å². The van der Waals surface area contributed by atoms with Crippen LogP contribution in [-0.2, 0) is 6.54 Å². The second kappa shape index (κ2) is 8.64. The third-order valence-electron chi connectivity index (χ3n) is 3.76. The predicted octanol–water partition coefficient (Wildman–Crippen LogP) is 1.77. The van der Waals surface area contributed by atoms with Gasteiger partial charge in [0.2, 0.25) is 0 Å². The van der Waals surface area contributed by atoms with Gasteiger partial charge in [-0.3, -0.25) is 9.58 Å². The van der Waals surface area contributed by atoms with Crippen LogP contribution in [0.3, 0.4) is 0 Å². The fourth-order valence-corrected chi connectivity index (χ4v) is 3.94. The molecule has 0 radical (unpaired) electrons. The van der Waals surface area contributed by atoms with Crippen molar-refractivity contribution >= 4 is 11.8 Å². The number of aromatic nitrogens is 3. The summed E-state index contributed by atoms with van der Waals surface area (Å²) in [6, 6.07) is 0. The molecule has 1 fully saturated rings. The van der Waals surface area contributed by atoms with Crippen molar-refractivity contribution in [3.63, 3.8) is 0 Å². The highest BCUT2D eigenvalue weighted by Gasteiger charge is 2.25. The zero-order valence-electron chi connectivity index (χ0n) is 12.7. The number of unbranched alkanes of at least 4 members (excludes halogenated alkanes) is 1. The zero-order valence-corrected chi connectivity index (χ0v) is 13.6. The maximum atomic E-state index is 4.16. The monoisotopic (exact) mass is 297 g/mol. The molecular weight excluding hydrogens is 270 g/mol. The Hall–Kier alpha value is -0.590. The van der Waals surface area contributed by atoms with Crippen LogP contribution in [0.15, 0.2) is 12.7 Å². The summed E-state index contributed by atoms with van der Waals surface area (Å²) >= 11 is 2.11. The van der Waals surface area contributed by atoms with Crippen LogP contribution >= 0.6 is 11.8 Å². The summed E-state index contributed by atoms with van der Waals surface area (Å²) in [5, 5.41) is 4.83. The quantitative estimate of drug-likeness (QED) is 0.694. The smallest absolute Gasteiger partial charge is 0.137 e. The van der Waals surface area contributed by atoms with E-state index in [1.165, 1.54) is 44.8 Å². The molecule has 1 atom stereocenters. The van der Waals surface area contributed by atoms with Crippen molar-refractivity contribution < 1.29 is 0 Å². The van der Waals surface area contributed by atoms with Crippen LogP contribution in [0.1, 0.15) is 26.2 Å². The fourth-order valence-electron chi connectivity index (χ4n) is 2.55. The lowest BCUT2D eigenvalue weighted by Crippen LogP contribution is -2.38. The van der Waals surface area contributed by atoms with Gasteiger partial charge < -0.3 is 4.90 Å². The first kappa shape index (κ1) is 15.8. The van der Waals surface area contributed by atoms with Crippen LogP contribution in [0.25, 0.3) is 0 Å². The van der Waals surface area contributed by atoms with E-state index in [1.807, 2.05) is 4.68 Å². The lowest BCUT2D eigenvalue weighted by molar-refractivity contribution is 0.217. The molecule has 20 heavy (non-hydrogen) atoms. The lowest BCUT2D eigenvalue weighted by Gasteiger charge is -2.27. The number of hydrogen-bond donors (Lipinski definition) is 0. The summed E-state index contributed by atoms with van der Waals surface area (Å²) in [5.74, 6) is 1.27. The molecule has 1 saturated heterocycles. The Morgan fingerprint density at radius 1 is 1.35 bits per heavy atom. The molecule has 1 aromatic rings. The topological polar surface area (TPSA) is 37.2 Å². The second-order valence-corrected chi connectivity index (χ2v) is 6.78. The van der Waals surface area contributed by atoms with Crippen molar-refractivity contribution in [1.29, 1.82) is 0 Å². The highest BCUT2D eigenvalue weighted by atomic mass is 32.2. The maximum absolute atomic E-state index is 4.16. The molecule has 0 saturated carbocycles. The van der Waals surface area contributed by atoms with Crippen molar-refractivity contribution in [2.24, 2.45) is 0 Å². The number of thioether (sulfide) groups is 1. The van der Waals surface area contributed by atoms with Gasteiger partial charge in [-0.05, 0) is 26.4 Å². The molecule has 5 nitrogen and oxygen atoms in total. The number of nitrogens with zero attached hydrogens (tertiary/aromatic N) is 5. The van der Waals surface area contributed by atoms with Crippen LogP contribution in [0.4, 0.5) is 0 Å². The van der Waals surface area contributed by atoms with Crippen LogP contribution in [-0.4, -0.2) is 68.9 Å². The third-order valence-corrected chi connectivity index (χ3v) is 5.01. The molecule has 0 bridgehead atoms. The molecule has 0 N–H and O–H groups in total. The minimum absolute atomic E-state index is 0.674. The van der Waals surface area contributed by atoms with Crippen molar-refractivity contribution in [3.05, 3.63) is 12.7 Å². The highest BCUT2D eigenvalue weighted by Crippen LogP contribution is 2.24. The van der Waals surface area contributed by atoms with E-state index in [4.69, 9.17) is 0 Å². The Morgan fingerprint density at radius 2 is 2.25 bits per heavy atom. The van der Waals surface area contributed by atoms with Gasteiger partial charge in [-0.15, -0.1) is 11.8 Å². The lowest BCUT2D eigenvalue weighted by atomic mass is 10.3. The molecule has 1 aromatic heterocycles. The molecule has 114 valence electrons. The van der Waals surface area contributed by atoms with E-state index in [9.17, 15) is 0 Å². The summed E-state index contributed by atoms with van der Waals surface area (Å²) in [4.78, 5) is 9.09. The van der Waals surface area contributed by atoms with E-state index >= 15 is 0 Å². The van der Waals surface area contributed by atoms with E-state index < -0.39 is 0 Å². The summed E-state index contributed by atoms with van der Waals surface area (Å²) in [6.07, 6.45) is 7.15. The van der Waals surface area contributed by atoms with Gasteiger partial charge in [0, 0.05) is 31.9 Å². The SMILES string of the molecule is CCCCN(C)CC1SCCN1CCCn1cncn1. The van der Waals surface area contributed by atoms with Gasteiger partial charge in [-0.2, -0.15) is 5.10 Å². The van der Waals surface area contributed by atoms with Crippen molar-refractivity contribution in [2.75, 3.05) is 39.0 Å². The van der Waals surface area contributed by atoms with Gasteiger partial charge >= 0.3 is 0 Å². The van der Waals surface area contributed by atoms with Crippen LogP contribution < -0.4 is 0 Å². The minimum atomic E-state index is 0.674. The molecule has 2 heterocycles. The molecule has 0 spiro atoms. The number of aryl methyl sites for hydroxylation is 1. The second-order valence-electron chi connectivity index (χ2n) is 5.49. The highest BCUT2D eigenvalue weighted by molar-refractivity contribution is 8.00. The van der Waals surface area contributed by atoms with Gasteiger partial charge in [0.05, 0.1) is 5.37 Å². The van der Waals surface area contributed by atoms with Crippen molar-refractivity contribution in [2.45, 2.75) is 38.1 Å². The average molecular weight is 297 g/mol. The van der Waals surface area contributed by atoms with E-state index in [-0.39, 0.29) is 0 Å². The first-order valence-electron chi connectivity index (χ1n) is 7.66. The summed E-state index contributed by atoms with van der Waals surface area (Å²) in [6.45, 7) is 8.04. The number of rotatable bonds is 9. The molecular formula is C14H27N5S. The number of hydrogen-bond acceptors (Lipinski definition) is 5. The molecule has 0 amide bonds. The standard InChI is InChI=1S/C14H27N5S/c1-3-4-6-17(2)11-14-18(9-10-20-14)7-5-8-19-13-15-12-16-19/h12-14H,3-11H2,1-2H3. The van der Waals surface area contributed by atoms with Crippen molar-refractivity contribution in [1.82, 2.24) is 24.6 Å². The Labute approximate surface area is 126 Å². The van der Waals surface area contributed by atoms with Gasteiger partial charge in [0.15, 0.2) is 0 Å². The molecule has 1 unspecified atom stereocenters. The van der Waals surface area contributed by atoms with Crippen LogP contribution in [0.2, 0.25) is 0 Å². The molecule has 2 rings (SSSR count). The summed E-state index contributed by atoms with van der Waals surface area (Å²) < 4.78 is 1.92. The number of likely N-dealkylation sites (N-methyl/N-ethyl adjacent to an activating group) is 1. The van der Waals surface area contributed by atoms with Gasteiger partial charge in [-0.25, -0.2) is 4.98 Å². The normalized spacial score (nSPS) is 20.1. The first-order chi connectivity index (χ1) is 9.79. The minimum Gasteiger partial charge on any atom is -0.304 e. The van der Waals surface area contributed by atoms with Gasteiger partial charge in [0.25, 0.3) is 0 Å². The molecule has 0 aromatic carbocycles. The maximum Gasteiger partial charge on any atom is 0.137 e. The van der Waals surface area contributed by atoms with Crippen LogP contribution in [0.5, 0.6) is 0 Å². The van der Waals surface area contributed by atoms with E-state index in [0.717, 1.165) is 13.0 Å². The largest absolute Gasteiger partial charge is 0.304 e. The molecule has 1 aliphatic heterocycles. The average Bonchev–Trinajstić information content (AvgIpc) is 3.09. The Morgan fingerprint density at radius 3 is 3.00 bits per heavy atom. The zero-order chi connectivity index (χ0) is 14.2. The Kier molecular flexibility index (Phi) is 6.82. The summed E-state index contributed by atoms with van der Waals surface area (Å²) in [5.41, 5.74) is 0. The fraction of sp³-hybridized carbons (Fsp3) is 0.857. The van der Waals surface area contributed by atoms with Crippen LogP contribution in [0, 0.1) is 0 Å². The third kappa shape index (κ3) is 5.07. The first-order valence-corrected chi connectivity index (χ1v) is 8.71.